The molecule has 0 fully saturated rings. The summed E-state index contributed by atoms with van der Waals surface area (Å²) in [6.45, 7) is 0. The molecule has 0 bridgehead atoms. The van der Waals surface area contributed by atoms with E-state index in [1.165, 1.54) is 10.8 Å². The van der Waals surface area contributed by atoms with E-state index in [1.807, 2.05) is 12.1 Å². The van der Waals surface area contributed by atoms with Gasteiger partial charge in [-0.05, 0) is 64.4 Å². The van der Waals surface area contributed by atoms with Gasteiger partial charge in [0.15, 0.2) is 0 Å². The molecule has 0 atom stereocenters. The molecule has 36 heavy (non-hydrogen) atoms. The average molecular weight is 460 g/mol. The van der Waals surface area contributed by atoms with E-state index in [1.54, 1.807) is 12.4 Å². The number of benzene rings is 4. The van der Waals surface area contributed by atoms with Gasteiger partial charge >= 0.3 is 0 Å². The van der Waals surface area contributed by atoms with Crippen molar-refractivity contribution in [3.05, 3.63) is 128 Å². The van der Waals surface area contributed by atoms with Crippen LogP contribution >= 0.6 is 0 Å². The topological polar surface area (TPSA) is 38.7 Å². The van der Waals surface area contributed by atoms with E-state index in [0.717, 1.165) is 55.4 Å². The van der Waals surface area contributed by atoms with Crippen molar-refractivity contribution in [2.24, 2.45) is 0 Å². The maximum Gasteiger partial charge on any atom is 0.0715 e. The molecular formula is C33H21N3. The minimum Gasteiger partial charge on any atom is -0.265 e. The van der Waals surface area contributed by atoms with Crippen molar-refractivity contribution in [3.63, 3.8) is 0 Å². The third kappa shape index (κ3) is 3.58. The maximum absolute atomic E-state index is 5.01. The third-order valence-corrected chi connectivity index (χ3v) is 6.76. The molecule has 7 aromatic rings. The first-order valence-electron chi connectivity index (χ1n) is 12.0. The van der Waals surface area contributed by atoms with Crippen LogP contribution in [-0.4, -0.2) is 15.0 Å². The minimum absolute atomic E-state index is 0.950. The third-order valence-electron chi connectivity index (χ3n) is 6.76. The standard InChI is InChI=1S/C33H21N3/c1-2-6-28-22(4-1)5-3-7-29(28)32-15-12-27-20-25(11-14-31(27)35-32)26-9-8-23-10-13-30(36-33(23)21-26)24-16-18-34-19-17-24/h1-21H. The molecule has 3 nitrogen and oxygen atoms in total. The number of nitrogens with zero attached hydrogens (tertiary/aromatic N) is 3. The number of hydrogen-bond acceptors (Lipinski definition) is 3. The first kappa shape index (κ1) is 20.5. The molecule has 0 aliphatic carbocycles. The molecule has 0 N–H and O–H groups in total. The highest BCUT2D eigenvalue weighted by Crippen LogP contribution is 2.31. The molecule has 0 saturated heterocycles. The lowest BCUT2D eigenvalue weighted by Crippen LogP contribution is -1.89. The van der Waals surface area contributed by atoms with Gasteiger partial charge in [-0.1, -0.05) is 72.8 Å². The fourth-order valence-electron chi connectivity index (χ4n) is 4.88. The molecule has 0 aliphatic rings. The Morgan fingerprint density at radius 2 is 1.14 bits per heavy atom. The smallest absolute Gasteiger partial charge is 0.0715 e. The molecule has 0 aliphatic heterocycles. The normalized spacial score (nSPS) is 11.3. The highest BCUT2D eigenvalue weighted by atomic mass is 14.7. The van der Waals surface area contributed by atoms with Gasteiger partial charge in [-0.2, -0.15) is 0 Å². The average Bonchev–Trinajstić information content (AvgIpc) is 2.96. The predicted octanol–water partition coefficient (Wildman–Crippen LogP) is 8.33. The SMILES string of the molecule is c1ccc2c(-c3ccc4cc(-c5ccc6ccc(-c7ccncc7)nc6c5)ccc4n3)cccc2c1. The van der Waals surface area contributed by atoms with Gasteiger partial charge < -0.3 is 0 Å². The van der Waals surface area contributed by atoms with E-state index in [4.69, 9.17) is 9.97 Å². The highest BCUT2D eigenvalue weighted by molar-refractivity contribution is 5.97. The van der Waals surface area contributed by atoms with Gasteiger partial charge in [0, 0.05) is 34.3 Å². The van der Waals surface area contributed by atoms with Gasteiger partial charge in [-0.25, -0.2) is 9.97 Å². The zero-order chi connectivity index (χ0) is 23.9. The molecule has 3 aromatic heterocycles. The Kier molecular flexibility index (Phi) is 4.78. The Bertz CT molecular complexity index is 1890. The zero-order valence-electron chi connectivity index (χ0n) is 19.5. The molecular weight excluding hydrogens is 438 g/mol. The van der Waals surface area contributed by atoms with Gasteiger partial charge in [0.25, 0.3) is 0 Å². The van der Waals surface area contributed by atoms with Gasteiger partial charge in [0.05, 0.1) is 22.4 Å². The fraction of sp³-hybridized carbons (Fsp3) is 0. The largest absolute Gasteiger partial charge is 0.265 e. The lowest BCUT2D eigenvalue weighted by atomic mass is 9.99. The summed E-state index contributed by atoms with van der Waals surface area (Å²) in [7, 11) is 0. The summed E-state index contributed by atoms with van der Waals surface area (Å²) in [6.07, 6.45) is 3.60. The van der Waals surface area contributed by atoms with Crippen molar-refractivity contribution in [1.82, 2.24) is 15.0 Å². The maximum atomic E-state index is 5.01. The van der Waals surface area contributed by atoms with Crippen molar-refractivity contribution >= 4 is 32.6 Å². The number of rotatable bonds is 3. The van der Waals surface area contributed by atoms with Crippen molar-refractivity contribution in [2.75, 3.05) is 0 Å². The second-order valence-electron chi connectivity index (χ2n) is 8.97. The first-order chi connectivity index (χ1) is 17.8. The fourth-order valence-corrected chi connectivity index (χ4v) is 4.88. The van der Waals surface area contributed by atoms with Crippen LogP contribution < -0.4 is 0 Å². The Morgan fingerprint density at radius 1 is 0.417 bits per heavy atom. The Morgan fingerprint density at radius 3 is 2.08 bits per heavy atom. The Balaban J connectivity index is 1.28. The second-order valence-corrected chi connectivity index (χ2v) is 8.97. The van der Waals surface area contributed by atoms with Crippen LogP contribution in [0.2, 0.25) is 0 Å². The van der Waals surface area contributed by atoms with E-state index >= 15 is 0 Å². The molecule has 7 rings (SSSR count). The number of hydrogen-bond donors (Lipinski definition) is 0. The summed E-state index contributed by atoms with van der Waals surface area (Å²) >= 11 is 0. The van der Waals surface area contributed by atoms with E-state index in [0.29, 0.717) is 0 Å². The molecule has 3 heteroatoms. The molecule has 0 saturated carbocycles. The van der Waals surface area contributed by atoms with Crippen LogP contribution in [0.5, 0.6) is 0 Å². The molecule has 0 radical (unpaired) electrons. The summed E-state index contributed by atoms with van der Waals surface area (Å²) < 4.78 is 0. The van der Waals surface area contributed by atoms with Gasteiger partial charge in [-0.15, -0.1) is 0 Å². The summed E-state index contributed by atoms with van der Waals surface area (Å²) in [5.41, 5.74) is 8.42. The number of aromatic nitrogens is 3. The summed E-state index contributed by atoms with van der Waals surface area (Å²) in [5.74, 6) is 0. The van der Waals surface area contributed by atoms with Crippen molar-refractivity contribution in [1.29, 1.82) is 0 Å². The Hall–Kier alpha value is -4.89. The number of fused-ring (bicyclic) bond motifs is 3. The van der Waals surface area contributed by atoms with E-state index in [2.05, 4.69) is 108 Å². The lowest BCUT2D eigenvalue weighted by Gasteiger charge is -2.09. The summed E-state index contributed by atoms with van der Waals surface area (Å²) in [5, 5.41) is 4.69. The van der Waals surface area contributed by atoms with Crippen molar-refractivity contribution < 1.29 is 0 Å². The molecule has 3 heterocycles. The van der Waals surface area contributed by atoms with Crippen LogP contribution in [0.1, 0.15) is 0 Å². The lowest BCUT2D eigenvalue weighted by molar-refractivity contribution is 1.31. The van der Waals surface area contributed by atoms with Crippen LogP contribution in [0.25, 0.3) is 66.2 Å². The highest BCUT2D eigenvalue weighted by Gasteiger charge is 2.08. The monoisotopic (exact) mass is 459 g/mol. The Labute approximate surface area is 208 Å². The second kappa shape index (κ2) is 8.40. The van der Waals surface area contributed by atoms with Crippen LogP contribution in [0, 0.1) is 0 Å². The summed E-state index contributed by atoms with van der Waals surface area (Å²) in [6, 6.07) is 40.2. The van der Waals surface area contributed by atoms with Gasteiger partial charge in [-0.3, -0.25) is 4.98 Å². The number of pyridine rings is 3. The molecule has 0 unspecified atom stereocenters. The summed E-state index contributed by atoms with van der Waals surface area (Å²) in [4.78, 5) is 14.0. The molecule has 0 amide bonds. The van der Waals surface area contributed by atoms with Crippen LogP contribution in [0.3, 0.4) is 0 Å². The zero-order valence-corrected chi connectivity index (χ0v) is 19.5. The van der Waals surface area contributed by atoms with Gasteiger partial charge in [0.2, 0.25) is 0 Å². The van der Waals surface area contributed by atoms with Gasteiger partial charge in [0.1, 0.15) is 0 Å². The van der Waals surface area contributed by atoms with Crippen molar-refractivity contribution in [2.45, 2.75) is 0 Å². The van der Waals surface area contributed by atoms with E-state index in [-0.39, 0.29) is 0 Å². The molecule has 0 spiro atoms. The van der Waals surface area contributed by atoms with Crippen LogP contribution in [-0.2, 0) is 0 Å². The quantitative estimate of drug-likeness (QED) is 0.267. The predicted molar refractivity (Wildman–Crippen MR) is 149 cm³/mol. The van der Waals surface area contributed by atoms with Crippen molar-refractivity contribution in [3.8, 4) is 33.6 Å². The van der Waals surface area contributed by atoms with E-state index < -0.39 is 0 Å². The van der Waals surface area contributed by atoms with Crippen LogP contribution in [0.15, 0.2) is 128 Å². The molecule has 168 valence electrons. The molecule has 4 aromatic carbocycles. The minimum atomic E-state index is 0.950. The first-order valence-corrected chi connectivity index (χ1v) is 12.0. The van der Waals surface area contributed by atoms with Crippen LogP contribution in [0.4, 0.5) is 0 Å². The van der Waals surface area contributed by atoms with E-state index in [9.17, 15) is 0 Å².